The summed E-state index contributed by atoms with van der Waals surface area (Å²) in [6.07, 6.45) is 1.36. The first-order chi connectivity index (χ1) is 25.9. The van der Waals surface area contributed by atoms with Crippen molar-refractivity contribution in [1.82, 2.24) is 0 Å². The molecular formula is C38H58Cl4O14. The van der Waals surface area contributed by atoms with Crippen LogP contribution in [0.2, 0.25) is 0 Å². The lowest BCUT2D eigenvalue weighted by atomic mass is 9.93. The Labute approximate surface area is 350 Å². The average molecular weight is 881 g/mol. The zero-order chi connectivity index (χ0) is 44.1. The van der Waals surface area contributed by atoms with Crippen LogP contribution in [-0.2, 0) is 49.1 Å². The van der Waals surface area contributed by atoms with Crippen LogP contribution >= 0.6 is 46.4 Å². The van der Waals surface area contributed by atoms with Crippen LogP contribution in [0.25, 0.3) is 0 Å². The number of aliphatic hydroxyl groups is 1. The molecule has 0 saturated heterocycles. The number of halogens is 4. The molecule has 1 saturated carbocycles. The van der Waals surface area contributed by atoms with Gasteiger partial charge in [-0.3, -0.25) is 4.79 Å². The number of hydrogen-bond donors (Lipinski definition) is 1. The Morgan fingerprint density at radius 3 is 1.59 bits per heavy atom. The van der Waals surface area contributed by atoms with E-state index in [1.165, 1.54) is 13.8 Å². The third-order valence-corrected chi connectivity index (χ3v) is 6.40. The van der Waals surface area contributed by atoms with Crippen molar-refractivity contribution in [3.05, 3.63) is 60.1 Å². The molecular weight excluding hydrogens is 822 g/mol. The molecule has 1 aliphatic rings. The van der Waals surface area contributed by atoms with Crippen LogP contribution in [-0.4, -0.2) is 77.1 Å². The molecule has 1 aliphatic carbocycles. The predicted molar refractivity (Wildman–Crippen MR) is 215 cm³/mol. The van der Waals surface area contributed by atoms with Crippen molar-refractivity contribution >= 4 is 76.3 Å². The van der Waals surface area contributed by atoms with Gasteiger partial charge in [0.2, 0.25) is 0 Å². The van der Waals surface area contributed by atoms with Crippen LogP contribution in [0.4, 0.5) is 19.2 Å². The Morgan fingerprint density at radius 2 is 1.23 bits per heavy atom. The zero-order valence-electron chi connectivity index (χ0n) is 33.9. The highest BCUT2D eigenvalue weighted by Crippen LogP contribution is 2.29. The van der Waals surface area contributed by atoms with E-state index in [1.807, 2.05) is 24.3 Å². The van der Waals surface area contributed by atoms with E-state index < -0.39 is 46.6 Å². The minimum Gasteiger partial charge on any atom is -0.435 e. The molecule has 0 spiro atoms. The van der Waals surface area contributed by atoms with Gasteiger partial charge in [0, 0.05) is 25.4 Å². The second kappa shape index (κ2) is 31.6. The smallest absolute Gasteiger partial charge is 0.435 e. The van der Waals surface area contributed by atoms with Crippen molar-refractivity contribution in [3.63, 3.8) is 0 Å². The van der Waals surface area contributed by atoms with Gasteiger partial charge in [0.15, 0.2) is 5.06 Å². The van der Waals surface area contributed by atoms with Gasteiger partial charge in [-0.1, -0.05) is 55.4 Å². The summed E-state index contributed by atoms with van der Waals surface area (Å²) in [6, 6.07) is 7.79. The normalized spacial score (nSPS) is 14.6. The van der Waals surface area contributed by atoms with Crippen LogP contribution in [0.5, 0.6) is 0 Å². The van der Waals surface area contributed by atoms with Gasteiger partial charge in [-0.05, 0) is 91.7 Å². The fraction of sp³-hybridized carbons (Fsp3) is 0.605. The maximum atomic E-state index is 12.4. The van der Waals surface area contributed by atoms with Crippen molar-refractivity contribution < 1.29 is 67.0 Å². The maximum Gasteiger partial charge on any atom is 0.513 e. The second-order valence-electron chi connectivity index (χ2n) is 12.3. The summed E-state index contributed by atoms with van der Waals surface area (Å²) in [4.78, 5) is 54.5. The van der Waals surface area contributed by atoms with Gasteiger partial charge in [-0.2, -0.15) is 0 Å². The van der Waals surface area contributed by atoms with Crippen molar-refractivity contribution in [3.8, 4) is 0 Å². The highest BCUT2D eigenvalue weighted by Gasteiger charge is 2.31. The van der Waals surface area contributed by atoms with Crippen LogP contribution in [0, 0.1) is 5.92 Å². The molecule has 14 nitrogen and oxygen atoms in total. The Kier molecular flexibility index (Phi) is 32.1. The number of benzene rings is 1. The molecule has 0 amide bonds. The van der Waals surface area contributed by atoms with Crippen molar-refractivity contribution in [2.45, 2.75) is 118 Å². The lowest BCUT2D eigenvalue weighted by Crippen LogP contribution is -2.35. The summed E-state index contributed by atoms with van der Waals surface area (Å²) in [6.45, 7) is 23.5. The summed E-state index contributed by atoms with van der Waals surface area (Å²) in [5, 5.41) is 9.18. The first kappa shape index (κ1) is 56.9. The summed E-state index contributed by atoms with van der Waals surface area (Å²) < 4.78 is 37.2. The first-order valence-electron chi connectivity index (χ1n) is 17.4. The molecule has 1 fully saturated rings. The first-order valence-corrected chi connectivity index (χ1v) is 19.3. The minimum atomic E-state index is -1.41. The fourth-order valence-corrected chi connectivity index (χ4v) is 4.30. The second-order valence-corrected chi connectivity index (χ2v) is 14.3. The van der Waals surface area contributed by atoms with E-state index in [9.17, 15) is 29.1 Å². The van der Waals surface area contributed by atoms with Crippen LogP contribution in [0.3, 0.4) is 0 Å². The van der Waals surface area contributed by atoms with Crippen LogP contribution in [0.15, 0.2) is 48.9 Å². The summed E-state index contributed by atoms with van der Waals surface area (Å²) in [5.74, 6) is -1.42. The Balaban J connectivity index is -0.000000791. The molecule has 18 heteroatoms. The Bertz CT molecular complexity index is 1320. The standard InChI is InChI=1S/C21H30O6.C6H11ClO3.C6H10O3.C4H5ClO2.CH2Cl2/c1-5-25-20(24)27-21(3,4)26-19(23)14(2)16-11-9-15(10-12-16)13-17-7-6-8-18(17)22;1-4-9-5(8)10-6(2,3)7;1-4-8-6(7)9-5(2)3;1-3(2)7-4(5)6;2-1-3/h9-12,14,17-18,22H,5-8,13H2,1-4H3;4H2,1-3H3;2,4H2,1,3H3;1H2,2H3;1H2/t14-,17+,18-;;;;/m0..../s1. The summed E-state index contributed by atoms with van der Waals surface area (Å²) in [5.41, 5.74) is 1.13. The van der Waals surface area contributed by atoms with Gasteiger partial charge in [-0.25, -0.2) is 19.2 Å². The highest BCUT2D eigenvalue weighted by molar-refractivity contribution is 6.61. The molecule has 322 valence electrons. The number of hydrogen-bond acceptors (Lipinski definition) is 14. The SMILES string of the molecule is C=C(C)OC(=O)Cl.C=C(C)OC(=O)OCC.CCOC(=O)OC(C)(C)Cl.CCOC(=O)OC(C)(C)OC(=O)[C@@H](C)c1ccc(C[C@H]2CCC[C@@H]2O)cc1.ClCCl. The molecule has 0 aromatic heterocycles. The number of carbonyl (C=O) groups is 5. The molecule has 56 heavy (non-hydrogen) atoms. The predicted octanol–water partition coefficient (Wildman–Crippen LogP) is 11.1. The number of aliphatic hydroxyl groups excluding tert-OH is 1. The van der Waals surface area contributed by atoms with E-state index in [0.717, 1.165) is 36.8 Å². The van der Waals surface area contributed by atoms with Crippen LogP contribution < -0.4 is 0 Å². The van der Waals surface area contributed by atoms with Gasteiger partial charge in [-0.15, -0.1) is 23.2 Å². The van der Waals surface area contributed by atoms with Crippen molar-refractivity contribution in [2.24, 2.45) is 5.92 Å². The van der Waals surface area contributed by atoms with E-state index in [0.29, 0.717) is 30.6 Å². The molecule has 1 aromatic carbocycles. The molecule has 0 unspecified atom stereocenters. The zero-order valence-corrected chi connectivity index (χ0v) is 36.9. The maximum absolute atomic E-state index is 12.4. The van der Waals surface area contributed by atoms with Gasteiger partial charge in [0.25, 0.3) is 5.79 Å². The van der Waals surface area contributed by atoms with Gasteiger partial charge < -0.3 is 43.0 Å². The number of alkyl halides is 3. The average Bonchev–Trinajstić information content (AvgIpc) is 3.44. The third kappa shape index (κ3) is 33.9. The lowest BCUT2D eigenvalue weighted by molar-refractivity contribution is -0.201. The largest absolute Gasteiger partial charge is 0.513 e. The van der Waals surface area contributed by atoms with Gasteiger partial charge in [0.1, 0.15) is 5.76 Å². The monoisotopic (exact) mass is 878 g/mol. The Hall–Kier alpha value is -3.43. The molecule has 2 rings (SSSR count). The van der Waals surface area contributed by atoms with Gasteiger partial charge >= 0.3 is 29.9 Å². The summed E-state index contributed by atoms with van der Waals surface area (Å²) in [7, 11) is 0. The van der Waals surface area contributed by atoms with Crippen molar-refractivity contribution in [2.75, 3.05) is 25.2 Å². The van der Waals surface area contributed by atoms with E-state index >= 15 is 0 Å². The molecule has 3 atom stereocenters. The quantitative estimate of drug-likeness (QED) is 0.0523. The minimum absolute atomic E-state index is 0.184. The van der Waals surface area contributed by atoms with E-state index in [-0.39, 0.29) is 18.1 Å². The van der Waals surface area contributed by atoms with Crippen molar-refractivity contribution in [1.29, 1.82) is 0 Å². The molecule has 0 bridgehead atoms. The summed E-state index contributed by atoms with van der Waals surface area (Å²) >= 11 is 19.8. The van der Waals surface area contributed by atoms with E-state index in [2.05, 4.69) is 36.8 Å². The van der Waals surface area contributed by atoms with Crippen LogP contribution in [0.1, 0.15) is 106 Å². The fourth-order valence-electron chi connectivity index (χ4n) is 4.11. The van der Waals surface area contributed by atoms with E-state index in [4.69, 9.17) is 60.6 Å². The number of rotatable bonds is 12. The molecule has 1 N–H and O–H groups in total. The third-order valence-electron chi connectivity index (χ3n) is 6.25. The van der Waals surface area contributed by atoms with Gasteiger partial charge in [0.05, 0.1) is 42.9 Å². The molecule has 1 aromatic rings. The highest BCUT2D eigenvalue weighted by atomic mass is 35.5. The molecule has 0 radical (unpaired) electrons. The van der Waals surface area contributed by atoms with E-state index in [1.54, 1.807) is 55.4 Å². The number of ether oxygens (including phenoxy) is 8. The number of esters is 1. The molecule has 0 heterocycles. The number of allylic oxidation sites excluding steroid dienone is 2. The molecule has 0 aliphatic heterocycles. The Morgan fingerprint density at radius 1 is 0.786 bits per heavy atom. The number of carbonyl (C=O) groups excluding carboxylic acids is 5. The lowest BCUT2D eigenvalue weighted by Gasteiger charge is -2.26. The topological polar surface area (TPSA) is 179 Å².